The molecule has 2 aromatic carbocycles. The molecule has 15 nitrogen and oxygen atoms in total. The van der Waals surface area contributed by atoms with Gasteiger partial charge < -0.3 is 39.8 Å². The largest absolute Gasteiger partial charge is 0.575 e. The van der Waals surface area contributed by atoms with Gasteiger partial charge in [0.1, 0.15) is 30.5 Å². The first kappa shape index (κ1) is 34.5. The van der Waals surface area contributed by atoms with Crippen LogP contribution in [0.3, 0.4) is 0 Å². The van der Waals surface area contributed by atoms with E-state index in [2.05, 4.69) is 19.7 Å². The number of halogens is 1. The zero-order valence-corrected chi connectivity index (χ0v) is 29.7. The Morgan fingerprint density at radius 3 is 2.69 bits per heavy atom. The van der Waals surface area contributed by atoms with Gasteiger partial charge in [0.2, 0.25) is 17.6 Å². The number of hydrogen-bond acceptors (Lipinski definition) is 14. The maximum absolute atomic E-state index is 13.3. The number of rotatable bonds is 11. The fraction of sp³-hybridized carbons (Fsp3) is 0.484. The Morgan fingerprint density at radius 1 is 1.25 bits per heavy atom. The molecule has 4 N–H and O–H groups in total. The van der Waals surface area contributed by atoms with Crippen LogP contribution in [0, 0.1) is 9.75 Å². The Bertz CT molecular complexity index is 1870. The Kier molecular flexibility index (Phi) is 9.93. The van der Waals surface area contributed by atoms with Gasteiger partial charge in [-0.15, -0.1) is 0 Å². The van der Waals surface area contributed by atoms with Crippen molar-refractivity contribution in [3.05, 3.63) is 40.2 Å². The maximum Gasteiger partial charge on any atom is 0.395 e. The van der Waals surface area contributed by atoms with E-state index in [0.29, 0.717) is 14.7 Å². The number of carbonyl (C=O) groups excluding carboxylic acids is 1. The van der Waals surface area contributed by atoms with Crippen molar-refractivity contribution < 1.29 is 43.4 Å². The van der Waals surface area contributed by atoms with Gasteiger partial charge in [0, 0.05) is 28.0 Å². The van der Waals surface area contributed by atoms with E-state index in [4.69, 9.17) is 29.2 Å². The van der Waals surface area contributed by atoms with Crippen LogP contribution in [-0.2, 0) is 14.3 Å². The number of ether oxygens (including phenoxy) is 4. The number of aliphatic hydroxyl groups excluding tert-OH is 1. The third kappa shape index (κ3) is 6.61. The van der Waals surface area contributed by atoms with Crippen LogP contribution in [-0.4, -0.2) is 79.4 Å². The number of imidazole rings is 1. The zero-order chi connectivity index (χ0) is 34.3. The first-order valence-electron chi connectivity index (χ1n) is 15.4. The van der Waals surface area contributed by atoms with Crippen LogP contribution in [0.5, 0.6) is 17.4 Å². The molecule has 1 aliphatic heterocycles. The number of aliphatic hydroxyl groups is 2. The van der Waals surface area contributed by atoms with Gasteiger partial charge >= 0.3 is 14.1 Å². The number of benzene rings is 2. The standard InChI is InChI=1S/C31H36IN6O9P/c1-15(2)21(27(40)45-17-9-7-10-17)37-48(42)47-23-18-11-6-5-8-16(18)12-13-19(23)44-14-20-24(39)31(3,41)28(46-20)38-25-22(34-29(38)32)26(43-4)36-30(33)35-25/h5-6,8,11-13,15,17,20-21,24,28,39,41H,7,9-10,14H2,1-4H3,(H2,33,35,36)/t20-,21+,24-,28-,31-/m1/s1. The van der Waals surface area contributed by atoms with E-state index in [1.165, 1.54) is 18.6 Å². The lowest BCUT2D eigenvalue weighted by atomic mass is 9.96. The summed E-state index contributed by atoms with van der Waals surface area (Å²) < 4.78 is 35.2. The molecule has 256 valence electrons. The molecule has 0 bridgehead atoms. The molecule has 6 rings (SSSR count). The first-order chi connectivity index (χ1) is 22.9. The maximum atomic E-state index is 13.3. The summed E-state index contributed by atoms with van der Waals surface area (Å²) >= 11 is 1.96. The van der Waals surface area contributed by atoms with Crippen molar-refractivity contribution in [2.75, 3.05) is 19.5 Å². The van der Waals surface area contributed by atoms with Crippen molar-refractivity contribution in [3.63, 3.8) is 0 Å². The number of fused-ring (bicyclic) bond motifs is 2. The second-order valence-electron chi connectivity index (χ2n) is 12.3. The Hall–Kier alpha value is -3.41. The van der Waals surface area contributed by atoms with E-state index >= 15 is 0 Å². The van der Waals surface area contributed by atoms with Gasteiger partial charge in [-0.2, -0.15) is 9.97 Å². The highest BCUT2D eigenvalue weighted by Gasteiger charge is 2.54. The normalized spacial score (nSPS) is 23.8. The van der Waals surface area contributed by atoms with Crippen LogP contribution in [0.2, 0.25) is 0 Å². The molecule has 6 atom stereocenters. The number of anilines is 1. The molecule has 17 heteroatoms. The van der Waals surface area contributed by atoms with Crippen LogP contribution in [0.1, 0.15) is 46.3 Å². The molecule has 3 heterocycles. The molecule has 1 saturated carbocycles. The van der Waals surface area contributed by atoms with Crippen LogP contribution >= 0.6 is 30.8 Å². The average molecular weight is 795 g/mol. The van der Waals surface area contributed by atoms with Crippen LogP contribution in [0.15, 0.2) is 41.1 Å². The number of hydrogen-bond donors (Lipinski definition) is 3. The molecule has 0 amide bonds. The Balaban J connectivity index is 1.26. The predicted molar refractivity (Wildman–Crippen MR) is 181 cm³/mol. The fourth-order valence-corrected chi connectivity index (χ4v) is 7.30. The van der Waals surface area contributed by atoms with E-state index in [1.54, 1.807) is 38.1 Å². The number of esters is 1. The smallest absolute Gasteiger partial charge is 0.395 e. The highest BCUT2D eigenvalue weighted by Crippen LogP contribution is 2.44. The minimum atomic E-state index is -2.74. The summed E-state index contributed by atoms with van der Waals surface area (Å²) in [5.41, 5.74) is 4.63. The van der Waals surface area contributed by atoms with E-state index in [-0.39, 0.29) is 47.6 Å². The summed E-state index contributed by atoms with van der Waals surface area (Å²) in [6, 6.07) is 9.75. The Labute approximate surface area is 290 Å². The molecular weight excluding hydrogens is 758 g/mol. The molecule has 2 aromatic heterocycles. The van der Waals surface area contributed by atoms with Crippen molar-refractivity contribution in [2.24, 2.45) is 10.7 Å². The molecule has 48 heavy (non-hydrogen) atoms. The van der Waals surface area contributed by atoms with Crippen molar-refractivity contribution >= 4 is 64.6 Å². The summed E-state index contributed by atoms with van der Waals surface area (Å²) in [5.74, 6) is -0.395. The monoisotopic (exact) mass is 794 g/mol. The summed E-state index contributed by atoms with van der Waals surface area (Å²) in [5, 5.41) is 24.1. The summed E-state index contributed by atoms with van der Waals surface area (Å²) in [6.07, 6.45) is -1.12. The number of aromatic nitrogens is 4. The molecule has 2 fully saturated rings. The molecule has 2 aliphatic rings. The average Bonchev–Trinajstić information content (AvgIpc) is 3.46. The highest BCUT2D eigenvalue weighted by atomic mass is 127. The number of nitrogen functional groups attached to an aromatic ring is 1. The topological polar surface area (TPSA) is 209 Å². The third-order valence-electron chi connectivity index (χ3n) is 8.51. The summed E-state index contributed by atoms with van der Waals surface area (Å²) in [7, 11) is -1.31. The van der Waals surface area contributed by atoms with E-state index in [9.17, 15) is 19.9 Å². The van der Waals surface area contributed by atoms with Gasteiger partial charge in [-0.1, -0.05) is 48.9 Å². The predicted octanol–water partition coefficient (Wildman–Crippen LogP) is 3.62. The van der Waals surface area contributed by atoms with Gasteiger partial charge in [-0.3, -0.25) is 9.09 Å². The van der Waals surface area contributed by atoms with Crippen LogP contribution in [0.4, 0.5) is 5.95 Å². The molecule has 1 aliphatic carbocycles. The van der Waals surface area contributed by atoms with E-state index < -0.39 is 44.2 Å². The number of carbonyl (C=O) groups is 1. The molecule has 1 saturated heterocycles. The van der Waals surface area contributed by atoms with Gasteiger partial charge in [0.05, 0.1) is 7.11 Å². The minimum Gasteiger partial charge on any atom is -0.575 e. The minimum absolute atomic E-state index is 0.0705. The SMILES string of the molecule is COc1nc(N)nc2c1nc(I)n2[C@@H]1O[C@H](COc2ccc3ccccc3c2O[P+]([O-])=N[C@H](C(=O)OC2CCC2)C(C)C)[C@@H](O)[C@@]1(C)O. The molecule has 0 radical (unpaired) electrons. The zero-order valence-electron chi connectivity index (χ0n) is 26.6. The summed E-state index contributed by atoms with van der Waals surface area (Å²) in [4.78, 5) is 39.0. The van der Waals surface area contributed by atoms with Crippen molar-refractivity contribution in [1.82, 2.24) is 19.5 Å². The van der Waals surface area contributed by atoms with Gasteiger partial charge in [0.25, 0.3) is 0 Å². The van der Waals surface area contributed by atoms with Gasteiger partial charge in [0.15, 0.2) is 33.0 Å². The van der Waals surface area contributed by atoms with Gasteiger partial charge in [-0.25, -0.2) is 9.78 Å². The lowest BCUT2D eigenvalue weighted by Crippen LogP contribution is -2.45. The van der Waals surface area contributed by atoms with Crippen LogP contribution < -0.4 is 24.6 Å². The third-order valence-corrected chi connectivity index (χ3v) is 10.0. The lowest BCUT2D eigenvalue weighted by molar-refractivity contribution is -0.170. The molecular formula is C31H36IN6O9P. The number of nitrogens with zero attached hydrogens (tertiary/aromatic N) is 5. The number of methoxy groups -OCH3 is 1. The molecule has 4 aromatic rings. The lowest BCUT2D eigenvalue weighted by Gasteiger charge is -2.27. The van der Waals surface area contributed by atoms with Crippen LogP contribution in [0.25, 0.3) is 21.9 Å². The van der Waals surface area contributed by atoms with E-state index in [1.807, 2.05) is 34.7 Å². The van der Waals surface area contributed by atoms with Crippen molar-refractivity contribution in [2.45, 2.75) is 76.2 Å². The molecule has 0 spiro atoms. The summed E-state index contributed by atoms with van der Waals surface area (Å²) in [6.45, 7) is 4.80. The molecule has 1 unspecified atom stereocenters. The quantitative estimate of drug-likeness (QED) is 0.0859. The highest BCUT2D eigenvalue weighted by molar-refractivity contribution is 14.1. The first-order valence-corrected chi connectivity index (χ1v) is 17.6. The van der Waals surface area contributed by atoms with E-state index in [0.717, 1.165) is 24.6 Å². The number of nitrogens with two attached hydrogens (primary N) is 1. The fourth-order valence-electron chi connectivity index (χ4n) is 5.62. The van der Waals surface area contributed by atoms with Crippen molar-refractivity contribution in [3.8, 4) is 17.4 Å². The van der Waals surface area contributed by atoms with Crippen molar-refractivity contribution in [1.29, 1.82) is 0 Å². The van der Waals surface area contributed by atoms with Gasteiger partial charge in [-0.05, 0) is 43.6 Å². The second kappa shape index (κ2) is 13.8. The Morgan fingerprint density at radius 2 is 2.00 bits per heavy atom. The second-order valence-corrected chi connectivity index (χ2v) is 14.1.